The van der Waals surface area contributed by atoms with Crippen LogP contribution in [-0.4, -0.2) is 17.6 Å². The van der Waals surface area contributed by atoms with Crippen LogP contribution in [0.25, 0.3) is 6.08 Å². The van der Waals surface area contributed by atoms with Crippen molar-refractivity contribution in [3.63, 3.8) is 0 Å². The van der Waals surface area contributed by atoms with Crippen LogP contribution in [0.3, 0.4) is 0 Å². The molecule has 1 atom stereocenters. The number of hydrogen-bond acceptors (Lipinski definition) is 5. The van der Waals surface area contributed by atoms with Gasteiger partial charge in [0, 0.05) is 0 Å². The summed E-state index contributed by atoms with van der Waals surface area (Å²) < 4.78 is 45.3. The number of fused-ring (bicyclic) bond motifs is 1. The highest BCUT2D eigenvalue weighted by Crippen LogP contribution is 2.32. The highest BCUT2D eigenvalue weighted by molar-refractivity contribution is 7.07. The number of alkyl halides is 3. The largest absolute Gasteiger partial charge is 0.466 e. The number of carbonyl (C=O) groups excluding carboxylic acids is 1. The van der Waals surface area contributed by atoms with Gasteiger partial charge in [-0.05, 0) is 35.8 Å². The van der Waals surface area contributed by atoms with Gasteiger partial charge in [0.15, 0.2) is 4.80 Å². The van der Waals surface area contributed by atoms with E-state index in [9.17, 15) is 22.8 Å². The molecule has 0 saturated carbocycles. The van der Waals surface area contributed by atoms with E-state index in [1.807, 2.05) is 37.3 Å². The minimum atomic E-state index is -4.44. The molecule has 0 aliphatic carbocycles. The Kier molecular flexibility index (Phi) is 6.07. The van der Waals surface area contributed by atoms with Gasteiger partial charge < -0.3 is 4.74 Å². The van der Waals surface area contributed by atoms with Crippen LogP contribution < -0.4 is 14.9 Å². The predicted octanol–water partition coefficient (Wildman–Crippen LogP) is 3.82. The molecule has 9 heteroatoms. The lowest BCUT2D eigenvalue weighted by atomic mass is 9.95. The van der Waals surface area contributed by atoms with Crippen molar-refractivity contribution in [3.05, 3.63) is 102 Å². The highest BCUT2D eigenvalue weighted by Gasteiger charge is 2.33. The Labute approximate surface area is 190 Å². The second kappa shape index (κ2) is 8.82. The van der Waals surface area contributed by atoms with Gasteiger partial charge >= 0.3 is 12.1 Å². The van der Waals surface area contributed by atoms with E-state index >= 15 is 0 Å². The van der Waals surface area contributed by atoms with Crippen molar-refractivity contribution < 1.29 is 22.7 Å². The molecule has 3 aromatic rings. The molecule has 0 spiro atoms. The van der Waals surface area contributed by atoms with Crippen LogP contribution in [0.15, 0.2) is 75.7 Å². The van der Waals surface area contributed by atoms with Gasteiger partial charge in [-0.3, -0.25) is 9.36 Å². The number of ether oxygens (including phenoxy) is 1. The van der Waals surface area contributed by atoms with Crippen LogP contribution in [0.2, 0.25) is 0 Å². The highest BCUT2D eigenvalue weighted by atomic mass is 32.1. The molecule has 1 aliphatic heterocycles. The summed E-state index contributed by atoms with van der Waals surface area (Å²) in [6, 6.07) is 12.9. The smallest absolute Gasteiger partial charge is 0.416 e. The van der Waals surface area contributed by atoms with Gasteiger partial charge in [0.1, 0.15) is 0 Å². The average molecular weight is 472 g/mol. The summed E-state index contributed by atoms with van der Waals surface area (Å²) in [5.74, 6) is -0.568. The monoisotopic (exact) mass is 472 g/mol. The van der Waals surface area contributed by atoms with Crippen molar-refractivity contribution in [2.75, 3.05) is 7.11 Å². The number of aromatic nitrogens is 1. The fourth-order valence-electron chi connectivity index (χ4n) is 3.73. The molecule has 33 heavy (non-hydrogen) atoms. The first kappa shape index (κ1) is 22.7. The summed E-state index contributed by atoms with van der Waals surface area (Å²) in [4.78, 5) is 31.1. The molecule has 0 fully saturated rings. The third kappa shape index (κ3) is 4.28. The van der Waals surface area contributed by atoms with E-state index in [1.165, 1.54) is 29.9 Å². The summed E-state index contributed by atoms with van der Waals surface area (Å²) in [6.07, 6.45) is -2.45. The topological polar surface area (TPSA) is 60.7 Å². The molecule has 2 heterocycles. The van der Waals surface area contributed by atoms with Crippen LogP contribution in [-0.2, 0) is 15.7 Å². The summed E-state index contributed by atoms with van der Waals surface area (Å²) in [5.41, 5.74) is 0.843. The standard InChI is InChI=1S/C24H19F3N2O3S/c1-3-17-19(22(31)32-2)20(15-7-5-4-6-8-15)29-21(30)18(33-23(29)28-17)13-14-9-11-16(12-10-14)24(25,26)27/h4-13,20H,3H2,1-2H3/b18-13-/t20-/m0/s1. The Hall–Kier alpha value is -3.46. The Morgan fingerprint density at radius 3 is 2.39 bits per heavy atom. The number of halogens is 3. The zero-order valence-electron chi connectivity index (χ0n) is 17.7. The molecule has 0 bridgehead atoms. The van der Waals surface area contributed by atoms with E-state index in [0.29, 0.717) is 32.6 Å². The van der Waals surface area contributed by atoms with Crippen LogP contribution in [0.5, 0.6) is 0 Å². The maximum atomic E-state index is 13.4. The van der Waals surface area contributed by atoms with Crippen molar-refractivity contribution in [1.29, 1.82) is 0 Å². The zero-order chi connectivity index (χ0) is 23.8. The van der Waals surface area contributed by atoms with Crippen molar-refractivity contribution in [3.8, 4) is 0 Å². The van der Waals surface area contributed by atoms with E-state index in [4.69, 9.17) is 4.74 Å². The number of nitrogens with zero attached hydrogens (tertiary/aromatic N) is 2. The van der Waals surface area contributed by atoms with Crippen LogP contribution >= 0.6 is 11.3 Å². The molecule has 4 rings (SSSR count). The molecule has 170 valence electrons. The fourth-order valence-corrected chi connectivity index (χ4v) is 4.75. The van der Waals surface area contributed by atoms with E-state index in [0.717, 1.165) is 29.0 Å². The first-order valence-corrected chi connectivity index (χ1v) is 10.9. The molecule has 1 aliphatic rings. The van der Waals surface area contributed by atoms with Gasteiger partial charge in [0.25, 0.3) is 5.56 Å². The molecular formula is C24H19F3N2O3S. The molecule has 0 amide bonds. The van der Waals surface area contributed by atoms with Crippen LogP contribution in [0, 0.1) is 0 Å². The third-order valence-corrected chi connectivity index (χ3v) is 6.28. The summed E-state index contributed by atoms with van der Waals surface area (Å²) in [7, 11) is 1.28. The molecule has 2 aromatic carbocycles. The molecule has 0 radical (unpaired) electrons. The van der Waals surface area contributed by atoms with E-state index in [2.05, 4.69) is 4.99 Å². The Morgan fingerprint density at radius 1 is 1.15 bits per heavy atom. The lowest BCUT2D eigenvalue weighted by molar-refractivity contribution is -0.138. The number of esters is 1. The second-order valence-electron chi connectivity index (χ2n) is 7.32. The molecule has 1 aromatic heterocycles. The van der Waals surface area contributed by atoms with E-state index < -0.39 is 23.8 Å². The lowest BCUT2D eigenvalue weighted by Gasteiger charge is -2.25. The van der Waals surface area contributed by atoms with Gasteiger partial charge in [0.05, 0.1) is 34.5 Å². The van der Waals surface area contributed by atoms with Gasteiger partial charge in [-0.25, -0.2) is 9.79 Å². The van der Waals surface area contributed by atoms with Crippen LogP contribution in [0.1, 0.15) is 36.1 Å². The molecule has 0 unspecified atom stereocenters. The molecule has 5 nitrogen and oxygen atoms in total. The number of thiazole rings is 1. The summed E-state index contributed by atoms with van der Waals surface area (Å²) in [6.45, 7) is 1.86. The lowest BCUT2D eigenvalue weighted by Crippen LogP contribution is -2.40. The van der Waals surface area contributed by atoms with Crippen molar-refractivity contribution >= 4 is 23.4 Å². The summed E-state index contributed by atoms with van der Waals surface area (Å²) in [5, 5.41) is 0. The number of rotatable bonds is 4. The third-order valence-electron chi connectivity index (χ3n) is 5.30. The number of methoxy groups -OCH3 is 1. The van der Waals surface area contributed by atoms with Crippen molar-refractivity contribution in [2.45, 2.75) is 25.6 Å². The molecule has 0 N–H and O–H groups in total. The summed E-state index contributed by atoms with van der Waals surface area (Å²) >= 11 is 1.13. The average Bonchev–Trinajstić information content (AvgIpc) is 3.12. The predicted molar refractivity (Wildman–Crippen MR) is 118 cm³/mol. The first-order valence-electron chi connectivity index (χ1n) is 10.1. The number of carbonyl (C=O) groups is 1. The quantitative estimate of drug-likeness (QED) is 0.543. The minimum absolute atomic E-state index is 0.291. The van der Waals surface area contributed by atoms with Gasteiger partial charge in [-0.2, -0.15) is 13.2 Å². The fraction of sp³-hybridized carbons (Fsp3) is 0.208. The Balaban J connectivity index is 1.92. The van der Waals surface area contributed by atoms with Gasteiger partial charge in [-0.15, -0.1) is 0 Å². The number of hydrogen-bond donors (Lipinski definition) is 0. The maximum absolute atomic E-state index is 13.4. The molecular weight excluding hydrogens is 453 g/mol. The molecule has 0 saturated heterocycles. The first-order chi connectivity index (χ1) is 15.7. The minimum Gasteiger partial charge on any atom is -0.466 e. The number of benzene rings is 2. The second-order valence-corrected chi connectivity index (χ2v) is 8.33. The maximum Gasteiger partial charge on any atom is 0.416 e. The van der Waals surface area contributed by atoms with Gasteiger partial charge in [0.2, 0.25) is 0 Å². The van der Waals surface area contributed by atoms with E-state index in [1.54, 1.807) is 0 Å². The van der Waals surface area contributed by atoms with Crippen molar-refractivity contribution in [1.82, 2.24) is 4.57 Å². The van der Waals surface area contributed by atoms with Crippen LogP contribution in [0.4, 0.5) is 13.2 Å². The number of allylic oxidation sites excluding steroid dienone is 1. The van der Waals surface area contributed by atoms with Crippen molar-refractivity contribution in [2.24, 2.45) is 4.99 Å². The SMILES string of the molecule is CCC1=C(C(=O)OC)[C@H](c2ccccc2)n2c(s/c(=C\c3ccc(C(F)(F)F)cc3)c2=O)=N1. The van der Waals surface area contributed by atoms with Gasteiger partial charge in [-0.1, -0.05) is 60.7 Å². The van der Waals surface area contributed by atoms with E-state index in [-0.39, 0.29) is 5.56 Å². The Bertz CT molecular complexity index is 1400. The Morgan fingerprint density at radius 2 is 1.82 bits per heavy atom. The zero-order valence-corrected chi connectivity index (χ0v) is 18.5. The normalized spacial score (nSPS) is 16.4.